The molecule has 1 saturated carbocycles. The van der Waals surface area contributed by atoms with Crippen molar-refractivity contribution < 1.29 is 19.3 Å². The normalized spacial score (nSPS) is 19.1. The van der Waals surface area contributed by atoms with Crippen molar-refractivity contribution in [2.45, 2.75) is 52.6 Å². The van der Waals surface area contributed by atoms with Crippen molar-refractivity contribution in [3.63, 3.8) is 0 Å². The second kappa shape index (κ2) is 14.0. The van der Waals surface area contributed by atoms with E-state index in [9.17, 15) is 0 Å². The molecule has 2 fully saturated rings. The largest absolute Gasteiger partial charge is 0.390 e. The molecule has 1 unspecified atom stereocenters. The van der Waals surface area contributed by atoms with Gasteiger partial charge in [0.05, 0.1) is 25.9 Å². The summed E-state index contributed by atoms with van der Waals surface area (Å²) in [7, 11) is 5.10. The summed E-state index contributed by atoms with van der Waals surface area (Å²) in [6.07, 6.45) is 4.93. The van der Waals surface area contributed by atoms with E-state index >= 15 is 0 Å². The molecule has 1 N–H and O–H groups in total. The van der Waals surface area contributed by atoms with Gasteiger partial charge >= 0.3 is 0 Å². The summed E-state index contributed by atoms with van der Waals surface area (Å²) in [6, 6.07) is 0. The van der Waals surface area contributed by atoms with Crippen molar-refractivity contribution in [3.8, 4) is 0 Å². The summed E-state index contributed by atoms with van der Waals surface area (Å²) in [4.78, 5) is 2.45. The van der Waals surface area contributed by atoms with Crippen LogP contribution in [-0.4, -0.2) is 76.9 Å². The molecule has 5 heteroatoms. The summed E-state index contributed by atoms with van der Waals surface area (Å²) in [5, 5.41) is 9.06. The first kappa shape index (κ1) is 23.8. The lowest BCUT2D eigenvalue weighted by Crippen LogP contribution is -2.23. The molecular weight excluding hydrogens is 306 g/mol. The summed E-state index contributed by atoms with van der Waals surface area (Å²) >= 11 is 0. The third-order valence-electron chi connectivity index (χ3n) is 3.89. The Labute approximate surface area is 149 Å². The van der Waals surface area contributed by atoms with Crippen molar-refractivity contribution in [2.24, 2.45) is 11.3 Å². The number of likely N-dealkylation sites (tertiary alicyclic amines) is 1. The third kappa shape index (κ3) is 15.3. The maximum Gasteiger partial charge on any atom is 0.0801 e. The molecular formula is C19H41NO4. The molecule has 0 radical (unpaired) electrons. The molecule has 1 atom stereocenters. The van der Waals surface area contributed by atoms with E-state index in [1.54, 1.807) is 21.3 Å². The maximum atomic E-state index is 9.06. The second-order valence-corrected chi connectivity index (χ2v) is 7.90. The van der Waals surface area contributed by atoms with Gasteiger partial charge in [-0.25, -0.2) is 0 Å². The smallest absolute Gasteiger partial charge is 0.0801 e. The number of methoxy groups -OCH3 is 3. The Kier molecular flexibility index (Phi) is 13.9. The van der Waals surface area contributed by atoms with Crippen LogP contribution >= 0.6 is 0 Å². The molecule has 0 amide bonds. The topological polar surface area (TPSA) is 51.2 Å². The molecule has 0 aromatic rings. The Balaban J connectivity index is 0.000000334. The summed E-state index contributed by atoms with van der Waals surface area (Å²) < 4.78 is 14.6. The van der Waals surface area contributed by atoms with Crippen LogP contribution in [0.5, 0.6) is 0 Å². The number of hydrogen-bond donors (Lipinski definition) is 1. The van der Waals surface area contributed by atoms with Crippen molar-refractivity contribution in [3.05, 3.63) is 0 Å². The van der Waals surface area contributed by atoms with Gasteiger partial charge in [0, 0.05) is 27.9 Å². The molecule has 0 spiro atoms. The third-order valence-corrected chi connectivity index (χ3v) is 3.89. The molecule has 1 heterocycles. The number of nitrogens with zero attached hydrogens (tertiary/aromatic N) is 1. The van der Waals surface area contributed by atoms with Crippen LogP contribution in [0.15, 0.2) is 0 Å². The van der Waals surface area contributed by atoms with E-state index in [1.807, 2.05) is 0 Å². The highest BCUT2D eigenvalue weighted by Crippen LogP contribution is 2.32. The summed E-state index contributed by atoms with van der Waals surface area (Å²) in [5.41, 5.74) is 0.328. The number of rotatable bonds is 7. The summed E-state index contributed by atoms with van der Waals surface area (Å²) in [6.45, 7) is 12.4. The molecule has 2 rings (SSSR count). The van der Waals surface area contributed by atoms with Crippen molar-refractivity contribution in [1.82, 2.24) is 4.90 Å². The molecule has 5 nitrogen and oxygen atoms in total. The van der Waals surface area contributed by atoms with Crippen LogP contribution in [0.3, 0.4) is 0 Å². The SMILES string of the molecule is COCC(C)(C)C.COCC(O)C1CC1.COCCN1CCCC1. The first-order chi connectivity index (χ1) is 11.3. The van der Waals surface area contributed by atoms with E-state index in [1.165, 1.54) is 38.8 Å². The van der Waals surface area contributed by atoms with Gasteiger partial charge in [0.1, 0.15) is 0 Å². The highest BCUT2D eigenvalue weighted by Gasteiger charge is 2.29. The molecule has 1 saturated heterocycles. The Morgan fingerprint density at radius 3 is 1.92 bits per heavy atom. The van der Waals surface area contributed by atoms with Crippen LogP contribution < -0.4 is 0 Å². The Bertz CT molecular complexity index is 271. The molecule has 2 aliphatic rings. The zero-order valence-corrected chi connectivity index (χ0v) is 16.8. The minimum absolute atomic E-state index is 0.194. The fraction of sp³-hybridized carbons (Fsp3) is 1.00. The van der Waals surface area contributed by atoms with Crippen LogP contribution in [0.2, 0.25) is 0 Å². The summed E-state index contributed by atoms with van der Waals surface area (Å²) in [5.74, 6) is 0.551. The Morgan fingerprint density at radius 2 is 1.58 bits per heavy atom. The van der Waals surface area contributed by atoms with Crippen molar-refractivity contribution in [2.75, 3.05) is 60.8 Å². The highest BCUT2D eigenvalue weighted by atomic mass is 16.5. The van der Waals surface area contributed by atoms with Gasteiger partial charge in [-0.2, -0.15) is 0 Å². The fourth-order valence-corrected chi connectivity index (χ4v) is 2.45. The predicted octanol–water partition coefficient (Wildman–Crippen LogP) is 2.81. The quantitative estimate of drug-likeness (QED) is 0.767. The predicted molar refractivity (Wildman–Crippen MR) is 99.5 cm³/mol. The highest BCUT2D eigenvalue weighted by molar-refractivity contribution is 4.80. The van der Waals surface area contributed by atoms with Crippen LogP contribution in [0.25, 0.3) is 0 Å². The molecule has 0 bridgehead atoms. The second-order valence-electron chi connectivity index (χ2n) is 7.90. The van der Waals surface area contributed by atoms with Gasteiger partial charge in [-0.3, -0.25) is 0 Å². The standard InChI is InChI=1S/C7H15NO.C6H12O2.C6H14O/c1-9-7-6-8-4-2-3-5-8;1-8-4-6(7)5-2-3-5;1-6(2,3)5-7-4/h2-7H2,1H3;5-7H,2-4H2,1H3;5H2,1-4H3. The number of hydrogen-bond acceptors (Lipinski definition) is 5. The molecule has 24 heavy (non-hydrogen) atoms. The first-order valence-corrected chi connectivity index (χ1v) is 9.21. The first-order valence-electron chi connectivity index (χ1n) is 9.21. The fourth-order valence-electron chi connectivity index (χ4n) is 2.45. The zero-order chi connectivity index (χ0) is 18.4. The van der Waals surface area contributed by atoms with Crippen molar-refractivity contribution in [1.29, 1.82) is 0 Å². The lowest BCUT2D eigenvalue weighted by molar-refractivity contribution is 0.0508. The van der Waals surface area contributed by atoms with Crippen LogP contribution in [0, 0.1) is 11.3 Å². The Morgan fingerprint density at radius 1 is 1.00 bits per heavy atom. The van der Waals surface area contributed by atoms with Crippen LogP contribution in [0.1, 0.15) is 46.5 Å². The number of aliphatic hydroxyl groups is 1. The van der Waals surface area contributed by atoms with Gasteiger partial charge in [-0.15, -0.1) is 0 Å². The average Bonchev–Trinajstić information content (AvgIpc) is 3.23. The molecule has 1 aliphatic carbocycles. The number of aliphatic hydroxyl groups excluding tert-OH is 1. The van der Waals surface area contributed by atoms with Gasteiger partial charge in [0.2, 0.25) is 0 Å². The van der Waals surface area contributed by atoms with Crippen LogP contribution in [-0.2, 0) is 14.2 Å². The monoisotopic (exact) mass is 347 g/mol. The van der Waals surface area contributed by atoms with E-state index in [0.29, 0.717) is 17.9 Å². The lowest BCUT2D eigenvalue weighted by Gasteiger charge is -2.15. The van der Waals surface area contributed by atoms with E-state index in [-0.39, 0.29) is 6.10 Å². The van der Waals surface area contributed by atoms with E-state index in [4.69, 9.17) is 19.3 Å². The Hall–Kier alpha value is -0.200. The van der Waals surface area contributed by atoms with E-state index < -0.39 is 0 Å². The number of ether oxygens (including phenoxy) is 3. The van der Waals surface area contributed by atoms with E-state index in [0.717, 1.165) is 19.8 Å². The molecule has 1 aliphatic heterocycles. The van der Waals surface area contributed by atoms with Gasteiger partial charge in [-0.1, -0.05) is 20.8 Å². The maximum absolute atomic E-state index is 9.06. The van der Waals surface area contributed by atoms with E-state index in [2.05, 4.69) is 25.7 Å². The van der Waals surface area contributed by atoms with Crippen LogP contribution in [0.4, 0.5) is 0 Å². The minimum Gasteiger partial charge on any atom is -0.390 e. The van der Waals surface area contributed by atoms with Crippen molar-refractivity contribution >= 4 is 0 Å². The zero-order valence-electron chi connectivity index (χ0n) is 16.8. The van der Waals surface area contributed by atoms with Gasteiger partial charge in [0.25, 0.3) is 0 Å². The lowest BCUT2D eigenvalue weighted by atomic mass is 9.99. The van der Waals surface area contributed by atoms with Gasteiger partial charge < -0.3 is 24.2 Å². The molecule has 0 aromatic carbocycles. The van der Waals surface area contributed by atoms with Gasteiger partial charge in [0.15, 0.2) is 0 Å². The minimum atomic E-state index is -0.194. The average molecular weight is 348 g/mol. The molecule has 146 valence electrons. The molecule has 0 aromatic heterocycles. The van der Waals surface area contributed by atoms with Gasteiger partial charge in [-0.05, 0) is 50.1 Å².